The summed E-state index contributed by atoms with van der Waals surface area (Å²) in [6.45, 7) is 47.5. The van der Waals surface area contributed by atoms with E-state index < -0.39 is 40.6 Å². The second-order valence-corrected chi connectivity index (χ2v) is 25.1. The van der Waals surface area contributed by atoms with E-state index in [9.17, 15) is 75.5 Å². The van der Waals surface area contributed by atoms with Gasteiger partial charge in [0.2, 0.25) is 0 Å². The van der Waals surface area contributed by atoms with Gasteiger partial charge in [-0.15, -0.1) is 0 Å². The molecule has 4 aliphatic rings. The number of hydrogen-bond donors (Lipinski definition) is 0. The van der Waals surface area contributed by atoms with Crippen LogP contribution < -0.4 is 0 Å². The number of rotatable bonds is 22. The van der Waals surface area contributed by atoms with Gasteiger partial charge in [-0.25, -0.2) is 32.4 Å². The van der Waals surface area contributed by atoms with Crippen LogP contribution in [0.5, 0.6) is 0 Å². The summed E-state index contributed by atoms with van der Waals surface area (Å²) in [5.41, 5.74) is -0.352. The number of carbonyl (C=O) groups is 14. The van der Waals surface area contributed by atoms with Crippen molar-refractivity contribution in [3.8, 4) is 0 Å². The van der Waals surface area contributed by atoms with E-state index in [1.165, 1.54) is 77.6 Å². The molecule has 0 radical (unpaired) electrons. The van der Waals surface area contributed by atoms with Gasteiger partial charge >= 0.3 is 84.5 Å². The predicted molar refractivity (Wildman–Crippen MR) is 449 cm³/mol. The molecule has 0 spiro atoms. The average Bonchev–Trinajstić information content (AvgIpc) is 1.81. The van der Waals surface area contributed by atoms with Gasteiger partial charge in [0, 0.05) is 80.3 Å². The zero-order chi connectivity index (χ0) is 97.0. The highest BCUT2D eigenvalue weighted by Crippen LogP contribution is 2.14. The van der Waals surface area contributed by atoms with E-state index in [0.717, 1.165) is 84.2 Å². The predicted octanol–water partition coefficient (Wildman–Crippen LogP) is 13.5. The van der Waals surface area contributed by atoms with Gasteiger partial charge in [0.05, 0.1) is 160 Å². The summed E-state index contributed by atoms with van der Waals surface area (Å²) in [5, 5.41) is 0. The normalized spacial score (nSPS) is 12.1. The molecule has 0 amide bonds. The highest BCUT2D eigenvalue weighted by Gasteiger charge is 2.21. The molecule has 4 heterocycles. The molecule has 0 bridgehead atoms. The maximum Gasteiger partial charge on any atom is 0.508 e. The molecule has 0 aromatic carbocycles. The Kier molecular flexibility index (Phi) is 145. The molecule has 726 valence electrons. The Labute approximate surface area is 722 Å². The average molecular weight is 1790 g/mol. The Balaban J connectivity index is -0.0000000836. The van der Waals surface area contributed by atoms with Gasteiger partial charge in [0.1, 0.15) is 29.3 Å². The molecule has 0 aliphatic carbocycles. The van der Waals surface area contributed by atoms with Gasteiger partial charge < -0.3 is 114 Å². The number of esters is 9. The fraction of sp³-hybridized carbons (Fsp3) is 0.825. The lowest BCUT2D eigenvalue weighted by molar-refractivity contribution is -0.150. The van der Waals surface area contributed by atoms with Gasteiger partial charge in [0.25, 0.3) is 0 Å². The van der Waals surface area contributed by atoms with Crippen LogP contribution in [0.15, 0.2) is 0 Å². The summed E-state index contributed by atoms with van der Waals surface area (Å²) in [7, 11) is 11.4. The van der Waals surface area contributed by atoms with Crippen LogP contribution in [0.1, 0.15) is 235 Å². The Morgan fingerprint density at radius 3 is 0.917 bits per heavy atom. The SMILES string of the molecule is C1COCOC1.CC1COC(=O)O1.CCC(=O)OC.CCCC(=O)OC.CCCOC(=O)CC.CCCOC(=O)OC.CCCOC(C)=O.CCCOCC.CCOC(=O)CC.CCOC(=O)OC.CCOC(=O)OCC.CCOC(C)=O.COC(=O)C(C)(C)C.COC(=O)OC.COC(C)=O.COCCOC.O=C1CCCO1.O=S1(=O)CCCC1. The third-order valence-corrected chi connectivity index (χ3v) is 12.7. The highest BCUT2D eigenvalue weighted by atomic mass is 32.2. The highest BCUT2D eigenvalue weighted by molar-refractivity contribution is 7.91. The van der Waals surface area contributed by atoms with E-state index in [1.807, 2.05) is 55.4 Å². The molecule has 0 saturated carbocycles. The number of cyclic esters (lactones) is 3. The molecular weight excluding hydrogens is 1630 g/mol. The van der Waals surface area contributed by atoms with Crippen molar-refractivity contribution in [1.82, 2.24) is 0 Å². The van der Waals surface area contributed by atoms with Crippen molar-refractivity contribution in [2.45, 2.75) is 241 Å². The van der Waals surface area contributed by atoms with Crippen LogP contribution in [-0.4, -0.2) is 294 Å². The first-order valence-corrected chi connectivity index (χ1v) is 41.4. The Morgan fingerprint density at radius 2 is 0.769 bits per heavy atom. The minimum absolute atomic E-state index is 0.0463. The van der Waals surface area contributed by atoms with E-state index in [1.54, 1.807) is 76.5 Å². The summed E-state index contributed by atoms with van der Waals surface area (Å²) in [6, 6.07) is 0. The first-order chi connectivity index (χ1) is 57.0. The van der Waals surface area contributed by atoms with Crippen LogP contribution in [0, 0.1) is 5.41 Å². The molecule has 0 N–H and O–H groups in total. The smallest absolute Gasteiger partial charge is 0.469 e. The lowest BCUT2D eigenvalue weighted by Gasteiger charge is -2.13. The minimum Gasteiger partial charge on any atom is -0.469 e. The largest absolute Gasteiger partial charge is 0.508 e. The zero-order valence-electron chi connectivity index (χ0n) is 79.2. The summed E-state index contributed by atoms with van der Waals surface area (Å²) in [6.07, 6.45) is 7.89. The van der Waals surface area contributed by atoms with E-state index >= 15 is 0 Å². The fourth-order valence-electron chi connectivity index (χ4n) is 5.10. The number of carbonyl (C=O) groups excluding carboxylic acids is 14. The first kappa shape index (κ1) is 144. The molecule has 4 rings (SSSR count). The van der Waals surface area contributed by atoms with Crippen molar-refractivity contribution in [3.05, 3.63) is 0 Å². The zero-order valence-corrected chi connectivity index (χ0v) is 80.0. The van der Waals surface area contributed by atoms with Gasteiger partial charge in [-0.05, 0) is 127 Å². The topological polar surface area (TPSA) is 495 Å². The number of ether oxygens (including phenoxy) is 24. The van der Waals surface area contributed by atoms with Crippen LogP contribution in [0.25, 0.3) is 0 Å². The number of hydrogen-bond acceptors (Lipinski definition) is 40. The second kappa shape index (κ2) is 122. The van der Waals surface area contributed by atoms with E-state index in [0.29, 0.717) is 130 Å². The van der Waals surface area contributed by atoms with Crippen molar-refractivity contribution in [2.75, 3.05) is 195 Å². The third-order valence-electron chi connectivity index (χ3n) is 10.8. The van der Waals surface area contributed by atoms with Crippen molar-refractivity contribution in [2.24, 2.45) is 5.41 Å². The summed E-state index contributed by atoms with van der Waals surface area (Å²) >= 11 is 0. The van der Waals surface area contributed by atoms with Crippen LogP contribution in [0.2, 0.25) is 0 Å². The minimum atomic E-state index is -2.55. The lowest BCUT2D eigenvalue weighted by Crippen LogP contribution is -2.21. The second-order valence-electron chi connectivity index (χ2n) is 22.8. The standard InChI is InChI=1S/2C6H12O2.2C5H10O3.3C5H10O2.C5H12O.C4H6O3.C4H8O3.C4H8O2S.C4H8O2.C4H6O2.C4H10O2.2C4H8O2.C3H6O3.C3H6O2/c1-6(2,3)5(7)8-4;1-3-5-8-6(7)4-2;1-3-4-8-5(6)7-2;1-3-7-5(6)8-4-2;1-3-4-5(6)7-2;1-3-4-7-5(2)6;1-3-5(6)7-4-2;1-3-5-6-4-2;1-3-2-6-4(5)7-3;1-3-7-4(5)6-2;5-7(6)3-1-2-4-7;1-2-5-4-6-3-1;5-4-2-1-3-6-4;1-5-3-4-6-2;1-3-4(5)6-2;1-3-6-4(2)5;1-5-3(4)6-2;1-3(4)5-2/h1-4H3;3-5H2,1-2H3;2*3-4H2,1-2H3;3*3-4H2,1-2H3;3-5H2,1-2H3;3H,2H2,1H3;3H2,1-2H3;1-4H2;1-4H2;1-3H2;3-4H2,1-2H3;2*3H2,1-2H3;1-2H3;1-2H3. The van der Waals surface area contributed by atoms with E-state index in [4.69, 9.17) is 18.9 Å². The van der Waals surface area contributed by atoms with Gasteiger partial charge in [0.15, 0.2) is 0 Å². The molecule has 4 saturated heterocycles. The molecule has 0 aromatic heterocycles. The van der Waals surface area contributed by atoms with E-state index in [-0.39, 0.29) is 65.2 Å². The quantitative estimate of drug-likeness (QED) is 0.0552. The van der Waals surface area contributed by atoms with Crippen LogP contribution >= 0.6 is 0 Å². The van der Waals surface area contributed by atoms with Crippen molar-refractivity contribution in [3.63, 3.8) is 0 Å². The molecule has 1 unspecified atom stereocenters. The third kappa shape index (κ3) is 179. The monoisotopic (exact) mass is 1790 g/mol. The molecule has 4 fully saturated rings. The van der Waals surface area contributed by atoms with E-state index in [2.05, 4.69) is 102 Å². The van der Waals surface area contributed by atoms with Crippen LogP contribution in [-0.2, 0) is 167 Å². The fourth-order valence-corrected chi connectivity index (χ4v) is 6.59. The van der Waals surface area contributed by atoms with Gasteiger partial charge in [-0.2, -0.15) is 0 Å². The first-order valence-electron chi connectivity index (χ1n) is 39.6. The Bertz CT molecular complexity index is 2300. The van der Waals surface area contributed by atoms with Crippen molar-refractivity contribution >= 4 is 94.3 Å². The van der Waals surface area contributed by atoms with Crippen LogP contribution in [0.4, 0.5) is 24.0 Å². The molecule has 4 aliphatic heterocycles. The molecule has 0 aromatic rings. The Morgan fingerprint density at radius 1 is 0.380 bits per heavy atom. The molecule has 40 nitrogen and oxygen atoms in total. The van der Waals surface area contributed by atoms with Gasteiger partial charge in [-0.1, -0.05) is 55.4 Å². The van der Waals surface area contributed by atoms with Crippen molar-refractivity contribution < 1.29 is 189 Å². The van der Waals surface area contributed by atoms with Gasteiger partial charge in [-0.3, -0.25) is 43.2 Å². The maximum absolute atomic E-state index is 10.6. The Hall–Kier alpha value is -8.67. The molecule has 1 atom stereocenters. The summed E-state index contributed by atoms with van der Waals surface area (Å²) in [5.74, 6) is -0.524. The molecule has 41 heteroatoms. The summed E-state index contributed by atoms with van der Waals surface area (Å²) in [4.78, 5) is 141. The maximum atomic E-state index is 10.6. The number of sulfone groups is 1. The van der Waals surface area contributed by atoms with Crippen molar-refractivity contribution in [1.29, 1.82) is 0 Å². The molecular formula is C80H160O40S. The number of methoxy groups -OCH3 is 10. The summed E-state index contributed by atoms with van der Waals surface area (Å²) < 4.78 is 128. The lowest BCUT2D eigenvalue weighted by atomic mass is 9.98. The van der Waals surface area contributed by atoms with Crippen LogP contribution in [0.3, 0.4) is 0 Å². The molecule has 121 heavy (non-hydrogen) atoms.